The molecular weight excluding hydrogens is 312 g/mol. The summed E-state index contributed by atoms with van der Waals surface area (Å²) >= 11 is 0. The molecule has 0 spiro atoms. The Labute approximate surface area is 147 Å². The maximum atomic E-state index is 12.2. The van der Waals surface area contributed by atoms with Gasteiger partial charge < -0.3 is 9.84 Å². The predicted octanol–water partition coefficient (Wildman–Crippen LogP) is 4.39. The van der Waals surface area contributed by atoms with Crippen LogP contribution < -0.4 is 0 Å². The van der Waals surface area contributed by atoms with Crippen molar-refractivity contribution in [2.24, 2.45) is 0 Å². The number of hydrogen-bond acceptors (Lipinski definition) is 3. The highest BCUT2D eigenvalue weighted by atomic mass is 16.5. The van der Waals surface area contributed by atoms with Crippen molar-refractivity contribution >= 4 is 16.7 Å². The lowest BCUT2D eigenvalue weighted by Crippen LogP contribution is -2.19. The maximum Gasteiger partial charge on any atom is 0.333 e. The normalized spacial score (nSPS) is 13.2. The smallest absolute Gasteiger partial charge is 0.333 e. The molecule has 25 heavy (non-hydrogen) atoms. The molecule has 0 saturated heterocycles. The summed E-state index contributed by atoms with van der Waals surface area (Å²) in [5.41, 5.74) is 1.81. The van der Waals surface area contributed by atoms with Gasteiger partial charge in [-0.3, -0.25) is 0 Å². The summed E-state index contributed by atoms with van der Waals surface area (Å²) in [6, 6.07) is 23.0. The highest BCUT2D eigenvalue weighted by Gasteiger charge is 2.30. The van der Waals surface area contributed by atoms with Crippen molar-refractivity contribution in [1.82, 2.24) is 0 Å². The minimum Gasteiger partial charge on any atom is -0.466 e. The molecule has 0 saturated carbocycles. The van der Waals surface area contributed by atoms with Gasteiger partial charge in [0.05, 0.1) is 13.2 Å². The monoisotopic (exact) mass is 332 g/mol. The third-order valence-corrected chi connectivity index (χ3v) is 4.44. The van der Waals surface area contributed by atoms with E-state index in [1.165, 1.54) is 7.11 Å². The lowest BCUT2D eigenvalue weighted by atomic mass is 9.81. The third-order valence-electron chi connectivity index (χ3n) is 4.44. The molecule has 0 aliphatic rings. The Bertz CT molecular complexity index is 894. The molecule has 0 radical (unpaired) electrons. The van der Waals surface area contributed by atoms with Gasteiger partial charge in [-0.2, -0.15) is 0 Å². The quantitative estimate of drug-likeness (QED) is 0.557. The highest BCUT2D eigenvalue weighted by Crippen LogP contribution is 2.39. The average Bonchev–Trinajstić information content (AvgIpc) is 2.68. The standard InChI is InChI=1S/C22H20O3/c1-15(22(24)25-2)20(21(23)17-10-4-3-5-11-17)19-14-8-12-16-9-6-7-13-18(16)19/h3-14,20-21,23H,1H2,2H3. The van der Waals surface area contributed by atoms with Gasteiger partial charge in [0.25, 0.3) is 0 Å². The van der Waals surface area contributed by atoms with Crippen LogP contribution in [-0.4, -0.2) is 18.2 Å². The minimum absolute atomic E-state index is 0.232. The number of aliphatic hydroxyl groups excluding tert-OH is 1. The Morgan fingerprint density at radius 1 is 0.960 bits per heavy atom. The fraction of sp³-hybridized carbons (Fsp3) is 0.136. The van der Waals surface area contributed by atoms with Gasteiger partial charge in [0.2, 0.25) is 0 Å². The van der Waals surface area contributed by atoms with Crippen molar-refractivity contribution in [2.75, 3.05) is 7.11 Å². The van der Waals surface area contributed by atoms with Crippen LogP contribution in [-0.2, 0) is 9.53 Å². The molecule has 1 N–H and O–H groups in total. The van der Waals surface area contributed by atoms with Gasteiger partial charge >= 0.3 is 5.97 Å². The van der Waals surface area contributed by atoms with Crippen LogP contribution in [0.5, 0.6) is 0 Å². The van der Waals surface area contributed by atoms with Gasteiger partial charge in [0.1, 0.15) is 0 Å². The van der Waals surface area contributed by atoms with Crippen LogP contribution in [0.2, 0.25) is 0 Å². The zero-order valence-corrected chi connectivity index (χ0v) is 14.1. The van der Waals surface area contributed by atoms with E-state index in [1.807, 2.05) is 72.8 Å². The molecule has 0 fully saturated rings. The topological polar surface area (TPSA) is 46.5 Å². The molecule has 0 amide bonds. The minimum atomic E-state index is -0.904. The van der Waals surface area contributed by atoms with E-state index in [0.29, 0.717) is 0 Å². The summed E-state index contributed by atoms with van der Waals surface area (Å²) in [4.78, 5) is 12.2. The molecule has 3 nitrogen and oxygen atoms in total. The summed E-state index contributed by atoms with van der Waals surface area (Å²) in [6.07, 6.45) is -0.904. The SMILES string of the molecule is C=C(C(=O)OC)C(c1cccc2ccccc12)C(O)c1ccccc1. The lowest BCUT2D eigenvalue weighted by Gasteiger charge is -2.26. The van der Waals surface area contributed by atoms with Gasteiger partial charge in [-0.1, -0.05) is 79.4 Å². The second-order valence-corrected chi connectivity index (χ2v) is 5.92. The van der Waals surface area contributed by atoms with E-state index in [-0.39, 0.29) is 5.57 Å². The summed E-state index contributed by atoms with van der Waals surface area (Å²) in [5.74, 6) is -1.12. The molecule has 0 heterocycles. The van der Waals surface area contributed by atoms with Gasteiger partial charge in [0, 0.05) is 11.5 Å². The Balaban J connectivity index is 2.17. The van der Waals surface area contributed by atoms with Crippen LogP contribution >= 0.6 is 0 Å². The van der Waals surface area contributed by atoms with Crippen LogP contribution in [0.4, 0.5) is 0 Å². The van der Waals surface area contributed by atoms with E-state index < -0.39 is 18.0 Å². The van der Waals surface area contributed by atoms with Crippen LogP contribution in [0.15, 0.2) is 84.9 Å². The first-order valence-corrected chi connectivity index (χ1v) is 8.11. The summed E-state index contributed by atoms with van der Waals surface area (Å²) < 4.78 is 4.86. The van der Waals surface area contributed by atoms with E-state index in [1.54, 1.807) is 0 Å². The molecule has 3 aromatic carbocycles. The number of carbonyl (C=O) groups is 1. The third kappa shape index (κ3) is 3.32. The van der Waals surface area contributed by atoms with Gasteiger partial charge in [-0.25, -0.2) is 4.79 Å². The second-order valence-electron chi connectivity index (χ2n) is 5.92. The largest absolute Gasteiger partial charge is 0.466 e. The fourth-order valence-corrected chi connectivity index (χ4v) is 3.17. The van der Waals surface area contributed by atoms with E-state index in [9.17, 15) is 9.90 Å². The Hall–Kier alpha value is -2.91. The molecule has 3 rings (SSSR count). The highest BCUT2D eigenvalue weighted by molar-refractivity contribution is 5.93. The van der Waals surface area contributed by atoms with Gasteiger partial charge in [-0.05, 0) is 21.9 Å². The van der Waals surface area contributed by atoms with Crippen molar-refractivity contribution < 1.29 is 14.6 Å². The number of carbonyl (C=O) groups excluding carboxylic acids is 1. The van der Waals surface area contributed by atoms with E-state index in [2.05, 4.69) is 6.58 Å². The first kappa shape index (κ1) is 16.9. The molecule has 3 heteroatoms. The molecule has 2 atom stereocenters. The number of benzene rings is 3. The van der Waals surface area contributed by atoms with Crippen LogP contribution in [0, 0.1) is 0 Å². The van der Waals surface area contributed by atoms with Crippen molar-refractivity contribution in [3.05, 3.63) is 96.1 Å². The molecular formula is C22H20O3. The van der Waals surface area contributed by atoms with Crippen LogP contribution in [0.1, 0.15) is 23.1 Å². The van der Waals surface area contributed by atoms with Gasteiger partial charge in [0.15, 0.2) is 0 Å². The molecule has 3 aromatic rings. The second kappa shape index (κ2) is 7.32. The number of aliphatic hydroxyl groups is 1. The van der Waals surface area contributed by atoms with Crippen LogP contribution in [0.25, 0.3) is 10.8 Å². The molecule has 0 aliphatic carbocycles. The first-order valence-electron chi connectivity index (χ1n) is 8.11. The number of hydrogen-bond donors (Lipinski definition) is 1. The zero-order valence-electron chi connectivity index (χ0n) is 14.1. The molecule has 2 unspecified atom stereocenters. The Kier molecular flexibility index (Phi) is 4.96. The predicted molar refractivity (Wildman–Crippen MR) is 99.2 cm³/mol. The molecule has 0 bridgehead atoms. The van der Waals surface area contributed by atoms with Crippen molar-refractivity contribution in [3.63, 3.8) is 0 Å². The number of methoxy groups -OCH3 is 1. The fourth-order valence-electron chi connectivity index (χ4n) is 3.17. The zero-order chi connectivity index (χ0) is 17.8. The Morgan fingerprint density at radius 3 is 2.32 bits per heavy atom. The molecule has 0 aromatic heterocycles. The summed E-state index contributed by atoms with van der Waals surface area (Å²) in [5, 5.41) is 13.1. The van der Waals surface area contributed by atoms with Crippen molar-refractivity contribution in [3.8, 4) is 0 Å². The summed E-state index contributed by atoms with van der Waals surface area (Å²) in [6.45, 7) is 3.92. The lowest BCUT2D eigenvalue weighted by molar-refractivity contribution is -0.136. The number of ether oxygens (including phenoxy) is 1. The van der Waals surface area contributed by atoms with Crippen LogP contribution in [0.3, 0.4) is 0 Å². The van der Waals surface area contributed by atoms with Crippen molar-refractivity contribution in [2.45, 2.75) is 12.0 Å². The number of esters is 1. The Morgan fingerprint density at radius 2 is 1.60 bits per heavy atom. The van der Waals surface area contributed by atoms with E-state index in [4.69, 9.17) is 4.74 Å². The van der Waals surface area contributed by atoms with Crippen molar-refractivity contribution in [1.29, 1.82) is 0 Å². The number of fused-ring (bicyclic) bond motifs is 1. The number of rotatable bonds is 5. The first-order chi connectivity index (χ1) is 12.1. The van der Waals surface area contributed by atoms with Gasteiger partial charge in [-0.15, -0.1) is 0 Å². The maximum absolute atomic E-state index is 12.2. The average molecular weight is 332 g/mol. The van der Waals surface area contributed by atoms with E-state index in [0.717, 1.165) is 21.9 Å². The van der Waals surface area contributed by atoms with E-state index >= 15 is 0 Å². The molecule has 0 aliphatic heterocycles. The molecule has 126 valence electrons. The summed E-state index contributed by atoms with van der Waals surface area (Å²) in [7, 11) is 1.32.